The van der Waals surface area contributed by atoms with Gasteiger partial charge in [-0.25, -0.2) is 4.79 Å². The van der Waals surface area contributed by atoms with E-state index >= 15 is 0 Å². The first kappa shape index (κ1) is 19.7. The number of aromatic carboxylic acids is 1. The molecule has 0 aromatic heterocycles. The molecule has 2 heterocycles. The van der Waals surface area contributed by atoms with Crippen molar-refractivity contribution in [2.75, 3.05) is 37.7 Å². The summed E-state index contributed by atoms with van der Waals surface area (Å²) in [7, 11) is 0. The lowest BCUT2D eigenvalue weighted by Crippen LogP contribution is -2.40. The first-order valence-corrected chi connectivity index (χ1v) is 10.0. The van der Waals surface area contributed by atoms with E-state index in [0.717, 1.165) is 75.3 Å². The van der Waals surface area contributed by atoms with Crippen LogP contribution in [0.1, 0.15) is 54.1 Å². The largest absolute Gasteiger partial charge is 0.478 e. The number of anilines is 1. The second-order valence-electron chi connectivity index (χ2n) is 7.40. The number of nitrogens with zero attached hydrogens (tertiary/aromatic N) is 1. The van der Waals surface area contributed by atoms with Crippen molar-refractivity contribution < 1.29 is 14.6 Å². The van der Waals surface area contributed by atoms with E-state index in [1.165, 1.54) is 0 Å². The van der Waals surface area contributed by atoms with Crippen molar-refractivity contribution in [1.29, 1.82) is 0 Å². The molecule has 0 aliphatic carbocycles. The molecule has 146 valence electrons. The number of hydrogen-bond donors (Lipinski definition) is 2. The minimum atomic E-state index is -0.887. The predicted molar refractivity (Wildman–Crippen MR) is 107 cm³/mol. The van der Waals surface area contributed by atoms with E-state index in [-0.39, 0.29) is 0 Å². The molecule has 2 aliphatic rings. The van der Waals surface area contributed by atoms with Crippen LogP contribution in [0.15, 0.2) is 12.1 Å². The average Bonchev–Trinajstić information content (AvgIpc) is 2.70. The third kappa shape index (κ3) is 4.82. The number of piperidine rings is 1. The van der Waals surface area contributed by atoms with Crippen molar-refractivity contribution in [2.24, 2.45) is 5.92 Å². The first-order chi connectivity index (χ1) is 13.1. The third-order valence-electron chi connectivity index (χ3n) is 5.65. The number of carboxylic acid groups (broad SMARTS) is 1. The zero-order valence-corrected chi connectivity index (χ0v) is 16.4. The number of benzene rings is 1. The van der Waals surface area contributed by atoms with Crippen LogP contribution in [-0.4, -0.2) is 50.0 Å². The summed E-state index contributed by atoms with van der Waals surface area (Å²) in [5.74, 6) is 6.14. The summed E-state index contributed by atoms with van der Waals surface area (Å²) in [6, 6.07) is 4.19. The lowest BCUT2D eigenvalue weighted by atomic mass is 9.96. The van der Waals surface area contributed by atoms with Crippen molar-refractivity contribution in [3.8, 4) is 11.8 Å². The van der Waals surface area contributed by atoms with Gasteiger partial charge in [0.05, 0.1) is 5.56 Å². The second kappa shape index (κ2) is 9.25. The van der Waals surface area contributed by atoms with Crippen molar-refractivity contribution in [1.82, 2.24) is 5.32 Å². The van der Waals surface area contributed by atoms with Crippen LogP contribution < -0.4 is 10.2 Å². The molecule has 5 nitrogen and oxygen atoms in total. The highest BCUT2D eigenvalue weighted by atomic mass is 16.5. The molecular formula is C22H30N2O3. The van der Waals surface area contributed by atoms with Crippen LogP contribution in [0, 0.1) is 24.7 Å². The Kier molecular flexibility index (Phi) is 6.76. The van der Waals surface area contributed by atoms with Gasteiger partial charge >= 0.3 is 5.97 Å². The number of carboxylic acids is 1. The van der Waals surface area contributed by atoms with Crippen LogP contribution in [0.2, 0.25) is 0 Å². The number of carbonyl (C=O) groups is 1. The lowest BCUT2D eigenvalue weighted by Gasteiger charge is -2.36. The van der Waals surface area contributed by atoms with E-state index in [0.29, 0.717) is 17.5 Å². The maximum Gasteiger partial charge on any atom is 0.336 e. The summed E-state index contributed by atoms with van der Waals surface area (Å²) >= 11 is 0. The van der Waals surface area contributed by atoms with Gasteiger partial charge in [-0.2, -0.15) is 0 Å². The summed E-state index contributed by atoms with van der Waals surface area (Å²) < 4.78 is 5.50. The molecule has 0 amide bonds. The van der Waals surface area contributed by atoms with Gasteiger partial charge in [0.15, 0.2) is 0 Å². The molecule has 3 rings (SSSR count). The highest BCUT2D eigenvalue weighted by Gasteiger charge is 2.24. The number of ether oxygens (including phenoxy) is 1. The molecule has 1 aromatic rings. The van der Waals surface area contributed by atoms with Gasteiger partial charge in [-0.3, -0.25) is 0 Å². The zero-order chi connectivity index (χ0) is 19.2. The number of hydrogen-bond acceptors (Lipinski definition) is 4. The average molecular weight is 370 g/mol. The SMILES string of the molecule is CCN(c1cc(C#CC2CCNCC2)cc(C(=O)O)c1C)C1CCOCC1. The van der Waals surface area contributed by atoms with Gasteiger partial charge in [0.2, 0.25) is 0 Å². The predicted octanol–water partition coefficient (Wildman–Crippen LogP) is 3.05. The van der Waals surface area contributed by atoms with Gasteiger partial charge in [0.1, 0.15) is 0 Å². The molecule has 2 fully saturated rings. The number of rotatable bonds is 4. The van der Waals surface area contributed by atoms with Crippen molar-refractivity contribution in [2.45, 2.75) is 45.6 Å². The number of nitrogens with one attached hydrogen (secondary N) is 1. The van der Waals surface area contributed by atoms with E-state index in [1.807, 2.05) is 6.92 Å². The molecule has 5 heteroatoms. The highest BCUT2D eigenvalue weighted by molar-refractivity contribution is 5.92. The van der Waals surface area contributed by atoms with Crippen LogP contribution in [-0.2, 0) is 4.74 Å². The molecule has 2 saturated heterocycles. The minimum Gasteiger partial charge on any atom is -0.478 e. The standard InChI is InChI=1S/C22H30N2O3/c1-3-24(19-8-12-27-13-9-19)21-15-18(14-20(16(21)2)22(25)26)5-4-17-6-10-23-11-7-17/h14-15,17,19,23H,3,6-13H2,1-2H3,(H,25,26). The molecule has 0 saturated carbocycles. The van der Waals surface area contributed by atoms with Crippen LogP contribution in [0.4, 0.5) is 5.69 Å². The molecule has 0 radical (unpaired) electrons. The topological polar surface area (TPSA) is 61.8 Å². The van der Waals surface area contributed by atoms with E-state index in [1.54, 1.807) is 6.07 Å². The molecule has 27 heavy (non-hydrogen) atoms. The Balaban J connectivity index is 1.95. The van der Waals surface area contributed by atoms with Gasteiger partial charge < -0.3 is 20.1 Å². The lowest BCUT2D eigenvalue weighted by molar-refractivity contribution is 0.0695. The van der Waals surface area contributed by atoms with Crippen LogP contribution in [0.5, 0.6) is 0 Å². The summed E-state index contributed by atoms with van der Waals surface area (Å²) in [4.78, 5) is 14.2. The normalized spacial score (nSPS) is 18.6. The summed E-state index contributed by atoms with van der Waals surface area (Å²) in [5.41, 5.74) is 2.98. The Morgan fingerprint density at radius 2 is 1.96 bits per heavy atom. The van der Waals surface area contributed by atoms with Crippen molar-refractivity contribution >= 4 is 11.7 Å². The molecule has 0 atom stereocenters. The van der Waals surface area contributed by atoms with Crippen LogP contribution >= 0.6 is 0 Å². The molecule has 0 unspecified atom stereocenters. The molecule has 0 bridgehead atoms. The molecule has 1 aromatic carbocycles. The van der Waals surface area contributed by atoms with Crippen LogP contribution in [0.3, 0.4) is 0 Å². The fourth-order valence-corrected chi connectivity index (χ4v) is 4.07. The molecular weight excluding hydrogens is 340 g/mol. The zero-order valence-electron chi connectivity index (χ0n) is 16.4. The first-order valence-electron chi connectivity index (χ1n) is 10.0. The van der Waals surface area contributed by atoms with Crippen molar-refractivity contribution in [3.63, 3.8) is 0 Å². The summed E-state index contributed by atoms with van der Waals surface area (Å²) in [6.07, 6.45) is 4.06. The van der Waals surface area contributed by atoms with E-state index in [4.69, 9.17) is 4.74 Å². The summed E-state index contributed by atoms with van der Waals surface area (Å²) in [6.45, 7) is 8.42. The van der Waals surface area contributed by atoms with Gasteiger partial charge in [0.25, 0.3) is 0 Å². The smallest absolute Gasteiger partial charge is 0.336 e. The van der Waals surface area contributed by atoms with E-state index in [2.05, 4.69) is 35.0 Å². The van der Waals surface area contributed by atoms with Crippen LogP contribution in [0.25, 0.3) is 0 Å². The van der Waals surface area contributed by atoms with E-state index < -0.39 is 5.97 Å². The molecule has 2 N–H and O–H groups in total. The maximum absolute atomic E-state index is 11.8. The molecule has 0 spiro atoms. The highest BCUT2D eigenvalue weighted by Crippen LogP contribution is 2.30. The Morgan fingerprint density at radius 3 is 2.59 bits per heavy atom. The minimum absolute atomic E-state index is 0.354. The Bertz CT molecular complexity index is 723. The Hall–Kier alpha value is -2.03. The van der Waals surface area contributed by atoms with Crippen molar-refractivity contribution in [3.05, 3.63) is 28.8 Å². The molecule has 2 aliphatic heterocycles. The summed E-state index contributed by atoms with van der Waals surface area (Å²) in [5, 5.41) is 13.1. The van der Waals surface area contributed by atoms with Gasteiger partial charge in [0, 0.05) is 43.0 Å². The fraction of sp³-hybridized carbons (Fsp3) is 0.591. The second-order valence-corrected chi connectivity index (χ2v) is 7.40. The van der Waals surface area contributed by atoms with Gasteiger partial charge in [-0.05, 0) is 70.3 Å². The van der Waals surface area contributed by atoms with E-state index in [9.17, 15) is 9.90 Å². The quantitative estimate of drug-likeness (QED) is 0.798. The third-order valence-corrected chi connectivity index (χ3v) is 5.65. The monoisotopic (exact) mass is 370 g/mol. The fourth-order valence-electron chi connectivity index (χ4n) is 4.07. The Morgan fingerprint density at radius 1 is 1.26 bits per heavy atom. The van der Waals surface area contributed by atoms with Gasteiger partial charge in [-0.1, -0.05) is 11.8 Å². The Labute approximate surface area is 162 Å². The maximum atomic E-state index is 11.8. The van der Waals surface area contributed by atoms with Gasteiger partial charge in [-0.15, -0.1) is 0 Å².